The van der Waals surface area contributed by atoms with E-state index in [1.807, 2.05) is 16.7 Å². The van der Waals surface area contributed by atoms with Crippen LogP contribution in [0, 0.1) is 5.92 Å². The highest BCUT2D eigenvalue weighted by atomic mass is 16.5. The number of piperidine rings is 1. The van der Waals surface area contributed by atoms with Crippen molar-refractivity contribution in [2.75, 3.05) is 33.4 Å². The van der Waals surface area contributed by atoms with Crippen LogP contribution in [0.25, 0.3) is 0 Å². The van der Waals surface area contributed by atoms with E-state index in [1.165, 1.54) is 5.56 Å². The molecular formula is C23H29N3O3. The van der Waals surface area contributed by atoms with Crippen LogP contribution in [0.5, 0.6) is 0 Å². The van der Waals surface area contributed by atoms with Crippen LogP contribution in [0.3, 0.4) is 0 Å². The van der Waals surface area contributed by atoms with Gasteiger partial charge in [0.15, 0.2) is 0 Å². The van der Waals surface area contributed by atoms with Crippen LogP contribution in [0.4, 0.5) is 0 Å². The second kappa shape index (κ2) is 8.93. The summed E-state index contributed by atoms with van der Waals surface area (Å²) < 4.78 is 6.93. The smallest absolute Gasteiger partial charge is 0.251 e. The number of fused-ring (bicyclic) bond motifs is 4. The minimum absolute atomic E-state index is 0.0139. The predicted molar refractivity (Wildman–Crippen MR) is 112 cm³/mol. The fraction of sp³-hybridized carbons (Fsp3) is 0.478. The number of nitrogens with one attached hydrogen (secondary N) is 1. The Balaban J connectivity index is 1.55. The molecule has 1 N–H and O–H groups in total. The first-order chi connectivity index (χ1) is 14.2. The van der Waals surface area contributed by atoms with Crippen molar-refractivity contribution in [3.8, 4) is 0 Å². The number of rotatable bonds is 7. The van der Waals surface area contributed by atoms with Gasteiger partial charge >= 0.3 is 0 Å². The molecule has 2 aliphatic rings. The van der Waals surface area contributed by atoms with Crippen LogP contribution in [-0.4, -0.2) is 48.7 Å². The monoisotopic (exact) mass is 395 g/mol. The van der Waals surface area contributed by atoms with Crippen molar-refractivity contribution >= 4 is 5.91 Å². The molecule has 2 aromatic rings. The second-order valence-corrected chi connectivity index (χ2v) is 8.15. The first-order valence-corrected chi connectivity index (χ1v) is 10.4. The van der Waals surface area contributed by atoms with E-state index >= 15 is 0 Å². The minimum Gasteiger partial charge on any atom is -0.384 e. The van der Waals surface area contributed by atoms with E-state index in [4.69, 9.17) is 4.74 Å². The molecular weight excluding hydrogens is 366 g/mol. The summed E-state index contributed by atoms with van der Waals surface area (Å²) in [4.78, 5) is 27.3. The molecule has 0 spiro atoms. The maximum absolute atomic E-state index is 12.7. The number of nitrogens with zero attached hydrogens (tertiary/aromatic N) is 2. The Labute approximate surface area is 171 Å². The number of carbonyl (C=O) groups is 1. The topological polar surface area (TPSA) is 63.6 Å². The van der Waals surface area contributed by atoms with Gasteiger partial charge in [-0.05, 0) is 24.0 Å². The van der Waals surface area contributed by atoms with Crippen LogP contribution in [0.1, 0.15) is 36.1 Å². The van der Waals surface area contributed by atoms with Crippen molar-refractivity contribution in [1.82, 2.24) is 14.8 Å². The molecule has 6 nitrogen and oxygen atoms in total. The van der Waals surface area contributed by atoms with E-state index in [0.29, 0.717) is 31.4 Å². The third kappa shape index (κ3) is 4.43. The highest BCUT2D eigenvalue weighted by Gasteiger charge is 2.40. The van der Waals surface area contributed by atoms with Crippen LogP contribution < -0.4 is 10.9 Å². The number of benzene rings is 1. The number of hydrogen-bond acceptors (Lipinski definition) is 4. The van der Waals surface area contributed by atoms with Gasteiger partial charge in [-0.25, -0.2) is 0 Å². The Morgan fingerprint density at radius 3 is 2.76 bits per heavy atom. The van der Waals surface area contributed by atoms with Crippen LogP contribution in [0.2, 0.25) is 0 Å². The third-order valence-corrected chi connectivity index (χ3v) is 6.16. The Morgan fingerprint density at radius 2 is 1.97 bits per heavy atom. The number of hydrogen-bond donors (Lipinski definition) is 1. The maximum atomic E-state index is 12.7. The van der Waals surface area contributed by atoms with E-state index in [2.05, 4.69) is 40.5 Å². The number of likely N-dealkylation sites (tertiary alicyclic amines) is 1. The van der Waals surface area contributed by atoms with E-state index < -0.39 is 0 Å². The van der Waals surface area contributed by atoms with Gasteiger partial charge in [-0.15, -0.1) is 0 Å². The zero-order valence-corrected chi connectivity index (χ0v) is 16.9. The molecule has 1 aromatic heterocycles. The Bertz CT molecular complexity index is 896. The third-order valence-electron chi connectivity index (χ3n) is 6.16. The first kappa shape index (κ1) is 19.9. The molecule has 0 unspecified atom stereocenters. The lowest BCUT2D eigenvalue weighted by Gasteiger charge is -2.47. The van der Waals surface area contributed by atoms with Crippen molar-refractivity contribution in [2.45, 2.75) is 31.3 Å². The standard InChI is InChI=1S/C23H29N3O3/c1-29-11-10-22(27)24-13-21-19-12-18(20-8-5-9-23(28)26(20)21)15-25(16-19)14-17-6-3-2-4-7-17/h2-9,18-19,21H,10-16H2,1H3,(H,24,27)/t18-,19+,21+/m1/s1. The van der Waals surface area contributed by atoms with Gasteiger partial charge < -0.3 is 14.6 Å². The van der Waals surface area contributed by atoms with Gasteiger partial charge in [0, 0.05) is 57.4 Å². The minimum atomic E-state index is -0.0311. The summed E-state index contributed by atoms with van der Waals surface area (Å²) in [5.74, 6) is 0.663. The van der Waals surface area contributed by atoms with Crippen molar-refractivity contribution < 1.29 is 9.53 Å². The van der Waals surface area contributed by atoms with Gasteiger partial charge in [-0.2, -0.15) is 0 Å². The summed E-state index contributed by atoms with van der Waals surface area (Å²) in [7, 11) is 1.59. The lowest BCUT2D eigenvalue weighted by molar-refractivity contribution is -0.122. The van der Waals surface area contributed by atoms with E-state index in [9.17, 15) is 9.59 Å². The normalized spacial score (nSPS) is 23.4. The predicted octanol–water partition coefficient (Wildman–Crippen LogP) is 2.16. The lowest BCUT2D eigenvalue weighted by Crippen LogP contribution is -2.51. The Kier molecular flexibility index (Phi) is 6.11. The molecule has 3 atom stereocenters. The molecule has 0 aliphatic carbocycles. The number of ether oxygens (including phenoxy) is 1. The SMILES string of the molecule is COCCC(=O)NC[C@H]1[C@H]2C[C@H](CN(Cc3ccccc3)C2)c2cccc(=O)n21. The molecule has 1 saturated heterocycles. The summed E-state index contributed by atoms with van der Waals surface area (Å²) in [6, 6.07) is 16.1. The van der Waals surface area contributed by atoms with Gasteiger partial charge in [-0.1, -0.05) is 36.4 Å². The van der Waals surface area contributed by atoms with Crippen LogP contribution in [0.15, 0.2) is 53.3 Å². The zero-order valence-electron chi connectivity index (χ0n) is 16.9. The molecule has 29 heavy (non-hydrogen) atoms. The Morgan fingerprint density at radius 1 is 1.14 bits per heavy atom. The lowest BCUT2D eigenvalue weighted by atomic mass is 9.78. The number of methoxy groups -OCH3 is 1. The number of pyridine rings is 1. The number of amides is 1. The first-order valence-electron chi connectivity index (χ1n) is 10.4. The van der Waals surface area contributed by atoms with Gasteiger partial charge in [0.2, 0.25) is 5.91 Å². The summed E-state index contributed by atoms with van der Waals surface area (Å²) in [5.41, 5.74) is 2.44. The molecule has 154 valence electrons. The summed E-state index contributed by atoms with van der Waals surface area (Å²) in [6.07, 6.45) is 1.40. The fourth-order valence-electron chi connectivity index (χ4n) is 4.87. The van der Waals surface area contributed by atoms with E-state index in [1.54, 1.807) is 13.2 Å². The average Bonchev–Trinajstić information content (AvgIpc) is 2.73. The number of carbonyl (C=O) groups excluding carboxylic acids is 1. The highest BCUT2D eigenvalue weighted by molar-refractivity contribution is 5.75. The van der Waals surface area contributed by atoms with Crippen molar-refractivity contribution in [1.29, 1.82) is 0 Å². The van der Waals surface area contributed by atoms with Gasteiger partial charge in [-0.3, -0.25) is 14.5 Å². The molecule has 0 saturated carbocycles. The van der Waals surface area contributed by atoms with Gasteiger partial charge in [0.1, 0.15) is 0 Å². The highest BCUT2D eigenvalue weighted by Crippen LogP contribution is 2.41. The molecule has 2 aliphatic heterocycles. The molecule has 6 heteroatoms. The molecule has 1 amide bonds. The number of aromatic nitrogens is 1. The molecule has 1 fully saturated rings. The van der Waals surface area contributed by atoms with Crippen LogP contribution >= 0.6 is 0 Å². The summed E-state index contributed by atoms with van der Waals surface area (Å²) in [5, 5.41) is 3.03. The zero-order chi connectivity index (χ0) is 20.2. The van der Waals surface area contributed by atoms with Crippen molar-refractivity contribution in [3.63, 3.8) is 0 Å². The largest absolute Gasteiger partial charge is 0.384 e. The van der Waals surface area contributed by atoms with Gasteiger partial charge in [0.05, 0.1) is 12.6 Å². The van der Waals surface area contributed by atoms with Crippen molar-refractivity contribution in [3.05, 3.63) is 70.1 Å². The van der Waals surface area contributed by atoms with Gasteiger partial charge in [0.25, 0.3) is 5.56 Å². The molecule has 3 heterocycles. The summed E-state index contributed by atoms with van der Waals surface area (Å²) in [6.45, 7) is 3.70. The average molecular weight is 396 g/mol. The maximum Gasteiger partial charge on any atom is 0.251 e. The van der Waals surface area contributed by atoms with Crippen molar-refractivity contribution in [2.24, 2.45) is 5.92 Å². The molecule has 0 radical (unpaired) electrons. The summed E-state index contributed by atoms with van der Waals surface area (Å²) >= 11 is 0. The second-order valence-electron chi connectivity index (χ2n) is 8.15. The molecule has 4 rings (SSSR count). The molecule has 2 bridgehead atoms. The van der Waals surface area contributed by atoms with Crippen LogP contribution in [-0.2, 0) is 16.1 Å². The van der Waals surface area contributed by atoms with E-state index in [0.717, 1.165) is 31.7 Å². The Hall–Kier alpha value is -2.44. The fourth-order valence-corrected chi connectivity index (χ4v) is 4.87. The molecule has 1 aromatic carbocycles. The quantitative estimate of drug-likeness (QED) is 0.780. The van der Waals surface area contributed by atoms with E-state index in [-0.39, 0.29) is 17.5 Å².